The normalized spacial score (nSPS) is 25.2. The number of ether oxygens (including phenoxy) is 2. The van der Waals surface area contributed by atoms with Crippen LogP contribution in [0.15, 0.2) is 53.9 Å². The Labute approximate surface area is 381 Å². The Morgan fingerprint density at radius 3 is 2.51 bits per heavy atom. The van der Waals surface area contributed by atoms with Gasteiger partial charge in [0, 0.05) is 40.4 Å². The molecule has 8 rings (SSSR count). The number of aryl methyl sites for hydroxylation is 2. The summed E-state index contributed by atoms with van der Waals surface area (Å²) in [7, 11) is -2.49. The van der Waals surface area contributed by atoms with Crippen molar-refractivity contribution >= 4 is 55.7 Å². The molecule has 18 heteroatoms. The van der Waals surface area contributed by atoms with Gasteiger partial charge in [-0.3, -0.25) is 19.1 Å². The van der Waals surface area contributed by atoms with E-state index in [2.05, 4.69) is 29.2 Å². The zero-order valence-electron chi connectivity index (χ0n) is 37.3. The lowest BCUT2D eigenvalue weighted by Gasteiger charge is -2.30. The Balaban J connectivity index is 1.17. The number of methoxy groups -OCH3 is 1. The number of carbonyl (C=O) groups excluding carboxylic acids is 3. The van der Waals surface area contributed by atoms with Crippen LogP contribution in [0, 0.1) is 19.8 Å². The average Bonchev–Trinajstić information content (AvgIpc) is 4.02. The number of benzene rings is 2. The van der Waals surface area contributed by atoms with Gasteiger partial charge in [-0.2, -0.15) is 13.2 Å². The Kier molecular flexibility index (Phi) is 12.5. The van der Waals surface area contributed by atoms with E-state index in [9.17, 15) is 31.2 Å². The zero-order chi connectivity index (χ0) is 46.6. The van der Waals surface area contributed by atoms with E-state index in [1.54, 1.807) is 33.1 Å². The maximum absolute atomic E-state index is 15.0. The summed E-state index contributed by atoms with van der Waals surface area (Å²) in [4.78, 5) is 55.1. The predicted octanol–water partition coefficient (Wildman–Crippen LogP) is 8.35. The van der Waals surface area contributed by atoms with E-state index in [1.165, 1.54) is 16.2 Å². The third kappa shape index (κ3) is 9.42. The number of anilines is 1. The Morgan fingerprint density at radius 1 is 1.05 bits per heavy atom. The van der Waals surface area contributed by atoms with Crippen LogP contribution in [0.25, 0.3) is 21.6 Å². The Morgan fingerprint density at radius 2 is 1.82 bits per heavy atom. The zero-order valence-corrected chi connectivity index (χ0v) is 38.9. The van der Waals surface area contributed by atoms with Crippen molar-refractivity contribution in [3.63, 3.8) is 0 Å². The molecular formula is C47H55F3N6O7S2. The van der Waals surface area contributed by atoms with Gasteiger partial charge in [0.15, 0.2) is 0 Å². The molecule has 0 bridgehead atoms. The third-order valence-electron chi connectivity index (χ3n) is 13.2. The fourth-order valence-electron chi connectivity index (χ4n) is 8.83. The molecule has 2 aromatic heterocycles. The first-order valence-corrected chi connectivity index (χ1v) is 24.5. The maximum atomic E-state index is 15.0. The van der Waals surface area contributed by atoms with E-state index < -0.39 is 73.9 Å². The number of carbonyl (C=O) groups is 3. The molecule has 2 aliphatic heterocycles. The Hall–Kier alpha value is -5.23. The molecule has 3 amide bonds. The van der Waals surface area contributed by atoms with Crippen molar-refractivity contribution in [3.8, 4) is 22.2 Å². The van der Waals surface area contributed by atoms with E-state index in [0.29, 0.717) is 70.8 Å². The number of alkyl halides is 3. The molecule has 2 aliphatic carbocycles. The number of sulfonamides is 1. The number of allylic oxidation sites excluding steroid dienone is 1. The number of amides is 3. The van der Waals surface area contributed by atoms with Crippen molar-refractivity contribution in [2.24, 2.45) is 5.92 Å². The summed E-state index contributed by atoms with van der Waals surface area (Å²) in [5, 5.41) is 9.31. The summed E-state index contributed by atoms with van der Waals surface area (Å²) >= 11 is 1.45. The summed E-state index contributed by atoms with van der Waals surface area (Å²) in [6.07, 6.45) is 2.12. The highest BCUT2D eigenvalue weighted by Crippen LogP contribution is 2.48. The molecule has 2 aromatic carbocycles. The highest BCUT2D eigenvalue weighted by Gasteiger charge is 2.63. The van der Waals surface area contributed by atoms with Crippen LogP contribution in [0.2, 0.25) is 0 Å². The van der Waals surface area contributed by atoms with Crippen LogP contribution < -0.4 is 24.8 Å². The molecule has 3 fully saturated rings. The fraction of sp³-hybridized carbons (Fsp3) is 0.511. The molecule has 0 unspecified atom stereocenters. The van der Waals surface area contributed by atoms with Crippen molar-refractivity contribution in [1.29, 1.82) is 0 Å². The molecule has 3 N–H and O–H groups in total. The van der Waals surface area contributed by atoms with Crippen molar-refractivity contribution in [1.82, 2.24) is 24.9 Å². The van der Waals surface area contributed by atoms with Crippen molar-refractivity contribution in [3.05, 3.63) is 76.3 Å². The van der Waals surface area contributed by atoms with Crippen LogP contribution in [0.3, 0.4) is 0 Å². The van der Waals surface area contributed by atoms with Crippen LogP contribution in [0.4, 0.5) is 18.9 Å². The lowest BCUT2D eigenvalue weighted by molar-refractivity contribution is -0.140. The monoisotopic (exact) mass is 936 g/mol. The molecule has 348 valence electrons. The van der Waals surface area contributed by atoms with E-state index >= 15 is 4.79 Å². The molecule has 13 nitrogen and oxygen atoms in total. The molecule has 0 spiro atoms. The van der Waals surface area contributed by atoms with E-state index in [-0.39, 0.29) is 37.4 Å². The highest BCUT2D eigenvalue weighted by molar-refractivity contribution is 7.91. The summed E-state index contributed by atoms with van der Waals surface area (Å²) in [6.45, 7) is 9.02. The second-order valence-corrected chi connectivity index (χ2v) is 21.6. The highest BCUT2D eigenvalue weighted by atomic mass is 32.2. The first-order chi connectivity index (χ1) is 30.7. The summed E-state index contributed by atoms with van der Waals surface area (Å²) < 4.78 is 82.3. The first-order valence-electron chi connectivity index (χ1n) is 22.1. The standard InChI is InChI=1S/C47H55F3N6O7S2/c1-26(2)36-25-64-42(53-36)35-22-39(33-14-15-38(62-6)28(4)40(33)52-35)63-32-21-37-41(57)54-46(44(59)55-65(60,61)45(5)16-17-45)23-29(46)12-10-8-7-9-11-13-34(43(58)56(37)24-32)51-31-19-27(3)18-30(20-31)47(48,49)50/h10,12,14-15,18-20,22,25-26,29,32,34,37,51H,7-9,11,13,16-17,21,23-24H2,1-6H3,(H,54,57)(H,55,59)/b12-10-/t29-,32+,34-,37-,46+/m0/s1. The molecule has 1 saturated heterocycles. The molecule has 4 aromatic rings. The topological polar surface area (TPSA) is 169 Å². The molecule has 4 aliphatic rings. The quantitative estimate of drug-likeness (QED) is 0.132. The fourth-order valence-corrected chi connectivity index (χ4v) is 11.1. The van der Waals surface area contributed by atoms with Gasteiger partial charge in [-0.15, -0.1) is 11.3 Å². The third-order valence-corrected chi connectivity index (χ3v) is 16.3. The number of hydrogen-bond donors (Lipinski definition) is 3. The second-order valence-electron chi connectivity index (χ2n) is 18.5. The number of thiazole rings is 1. The van der Waals surface area contributed by atoms with Gasteiger partial charge in [0.1, 0.15) is 45.9 Å². The first kappa shape index (κ1) is 46.3. The van der Waals surface area contributed by atoms with Crippen LogP contribution >= 0.6 is 11.3 Å². The number of nitrogens with one attached hydrogen (secondary N) is 3. The van der Waals surface area contributed by atoms with Crippen LogP contribution in [0.1, 0.15) is 107 Å². The number of aromatic nitrogens is 2. The van der Waals surface area contributed by atoms with Gasteiger partial charge >= 0.3 is 6.18 Å². The summed E-state index contributed by atoms with van der Waals surface area (Å²) in [5.74, 6) is -1.33. The van der Waals surface area contributed by atoms with Crippen molar-refractivity contribution < 1.29 is 45.4 Å². The lowest BCUT2D eigenvalue weighted by Crippen LogP contribution is -2.58. The molecule has 0 radical (unpaired) electrons. The number of fused-ring (bicyclic) bond motifs is 3. The van der Waals surface area contributed by atoms with E-state index in [4.69, 9.17) is 19.4 Å². The SMILES string of the molecule is COc1ccc2c(O[C@@H]3C[C@H]4C(=O)N[C@]5(C(=O)NS(=O)(=O)C6(C)CC6)C[C@@H]5/C=C\CCCCC[C@H](Nc5cc(C)cc(C(F)(F)F)c5)C(=O)N4C3)cc(-c3nc(C(C)C)cs3)nc2c1C. The van der Waals surface area contributed by atoms with Crippen molar-refractivity contribution in [2.45, 2.75) is 133 Å². The minimum Gasteiger partial charge on any atom is -0.496 e. The number of pyridine rings is 1. The number of halogens is 3. The smallest absolute Gasteiger partial charge is 0.416 e. The van der Waals surface area contributed by atoms with Crippen LogP contribution in [-0.2, 0) is 30.6 Å². The van der Waals surface area contributed by atoms with E-state index in [1.807, 2.05) is 36.6 Å². The number of hydrogen-bond acceptors (Lipinski definition) is 11. The molecule has 65 heavy (non-hydrogen) atoms. The largest absolute Gasteiger partial charge is 0.496 e. The van der Waals surface area contributed by atoms with Crippen molar-refractivity contribution in [2.75, 3.05) is 19.0 Å². The molecule has 5 atom stereocenters. The maximum Gasteiger partial charge on any atom is 0.416 e. The molecule has 2 saturated carbocycles. The number of nitrogens with zero attached hydrogens (tertiary/aromatic N) is 3. The average molecular weight is 937 g/mol. The summed E-state index contributed by atoms with van der Waals surface area (Å²) in [6, 6.07) is 6.74. The minimum atomic E-state index is -4.62. The van der Waals surface area contributed by atoms with Gasteiger partial charge in [0.25, 0.3) is 5.91 Å². The van der Waals surface area contributed by atoms with Gasteiger partial charge in [-0.25, -0.2) is 18.4 Å². The van der Waals surface area contributed by atoms with Gasteiger partial charge in [0.05, 0.1) is 35.2 Å². The van der Waals surface area contributed by atoms with Gasteiger partial charge in [0.2, 0.25) is 21.8 Å². The van der Waals surface area contributed by atoms with Gasteiger partial charge < -0.3 is 25.0 Å². The van der Waals surface area contributed by atoms with E-state index in [0.717, 1.165) is 29.8 Å². The van der Waals surface area contributed by atoms with Crippen LogP contribution in [0.5, 0.6) is 11.5 Å². The minimum absolute atomic E-state index is 0.0232. The summed E-state index contributed by atoms with van der Waals surface area (Å²) in [5.41, 5.74) is 0.830. The van der Waals surface area contributed by atoms with Gasteiger partial charge in [-0.1, -0.05) is 38.8 Å². The lowest BCUT2D eigenvalue weighted by atomic mass is 10.0. The second kappa shape index (κ2) is 17.5. The van der Waals surface area contributed by atoms with Crippen LogP contribution in [-0.4, -0.2) is 83.1 Å². The molecule has 4 heterocycles. The Bertz CT molecular complexity index is 2670. The van der Waals surface area contributed by atoms with Gasteiger partial charge in [-0.05, 0) is 101 Å². The molecular weight excluding hydrogens is 882 g/mol. The number of rotatable bonds is 10. The predicted molar refractivity (Wildman–Crippen MR) is 242 cm³/mol.